The fourth-order valence-corrected chi connectivity index (χ4v) is 3.49. The second-order valence-electron chi connectivity index (χ2n) is 5.83. The van der Waals surface area contributed by atoms with Gasteiger partial charge in [-0.3, -0.25) is 19.4 Å². The van der Waals surface area contributed by atoms with Crippen LogP contribution in [-0.2, 0) is 11.8 Å². The largest absolute Gasteiger partial charge is 0.324 e. The molecule has 0 unspecified atom stereocenters. The van der Waals surface area contributed by atoms with Crippen molar-refractivity contribution in [1.29, 1.82) is 0 Å². The minimum atomic E-state index is -0.0393. The number of hydrogen-bond donors (Lipinski definition) is 1. The van der Waals surface area contributed by atoms with Crippen molar-refractivity contribution >= 4 is 23.2 Å². The van der Waals surface area contributed by atoms with Gasteiger partial charge in [0.25, 0.3) is 0 Å². The molecule has 3 rings (SSSR count). The number of nitrogens with zero attached hydrogens (tertiary/aromatic N) is 4. The predicted molar refractivity (Wildman–Crippen MR) is 89.4 cm³/mol. The highest BCUT2D eigenvalue weighted by Crippen LogP contribution is 2.37. The zero-order valence-corrected chi connectivity index (χ0v) is 14.0. The van der Waals surface area contributed by atoms with Gasteiger partial charge in [-0.05, 0) is 38.4 Å². The number of aryl methyl sites for hydroxylation is 2. The van der Waals surface area contributed by atoms with Crippen LogP contribution in [0.25, 0.3) is 0 Å². The van der Waals surface area contributed by atoms with E-state index in [1.807, 2.05) is 20.0 Å². The molecular formula is C16H20ClN5O. The molecule has 0 spiro atoms. The molecule has 2 aromatic rings. The van der Waals surface area contributed by atoms with Crippen molar-refractivity contribution < 1.29 is 4.79 Å². The molecular weight excluding hydrogens is 314 g/mol. The number of likely N-dealkylation sites (tertiary alicyclic amines) is 1. The van der Waals surface area contributed by atoms with E-state index in [-0.39, 0.29) is 11.9 Å². The van der Waals surface area contributed by atoms with Crippen LogP contribution < -0.4 is 5.32 Å². The molecule has 7 heteroatoms. The Hall–Kier alpha value is -1.92. The molecule has 6 nitrogen and oxygen atoms in total. The van der Waals surface area contributed by atoms with Crippen LogP contribution in [-0.4, -0.2) is 38.7 Å². The lowest BCUT2D eigenvalue weighted by molar-refractivity contribution is -0.117. The first-order valence-electron chi connectivity index (χ1n) is 7.69. The molecule has 23 heavy (non-hydrogen) atoms. The lowest BCUT2D eigenvalue weighted by Crippen LogP contribution is -2.33. The molecule has 3 heterocycles. The molecule has 1 aliphatic rings. The second-order valence-corrected chi connectivity index (χ2v) is 6.19. The maximum atomic E-state index is 12.3. The summed E-state index contributed by atoms with van der Waals surface area (Å²) in [6, 6.07) is 3.78. The summed E-state index contributed by atoms with van der Waals surface area (Å²) < 4.78 is 1.69. The van der Waals surface area contributed by atoms with E-state index in [0.29, 0.717) is 17.4 Å². The van der Waals surface area contributed by atoms with Gasteiger partial charge in [-0.2, -0.15) is 5.10 Å². The standard InChI is InChI=1S/C16H20ClN5O/c1-11-15(16(17)21(2)20-11)13-6-4-8-22(13)10-14(23)19-12-5-3-7-18-9-12/h3,5,7,9,13H,4,6,8,10H2,1-2H3,(H,19,23)/t13-/m0/s1. The molecule has 1 fully saturated rings. The van der Waals surface area contributed by atoms with Crippen molar-refractivity contribution in [2.24, 2.45) is 7.05 Å². The van der Waals surface area contributed by atoms with Crippen molar-refractivity contribution in [3.8, 4) is 0 Å². The normalized spacial score (nSPS) is 18.3. The first-order valence-corrected chi connectivity index (χ1v) is 8.07. The number of halogens is 1. The number of amides is 1. The fourth-order valence-electron chi connectivity index (χ4n) is 3.19. The van der Waals surface area contributed by atoms with Crippen molar-refractivity contribution in [3.05, 3.63) is 40.9 Å². The molecule has 122 valence electrons. The van der Waals surface area contributed by atoms with Gasteiger partial charge in [-0.25, -0.2) is 0 Å². The quantitative estimate of drug-likeness (QED) is 0.934. The molecule has 1 atom stereocenters. The maximum Gasteiger partial charge on any atom is 0.238 e. The van der Waals surface area contributed by atoms with E-state index in [0.717, 1.165) is 30.6 Å². The third-order valence-electron chi connectivity index (χ3n) is 4.19. The number of aromatic nitrogens is 3. The number of nitrogens with one attached hydrogen (secondary N) is 1. The highest BCUT2D eigenvalue weighted by molar-refractivity contribution is 6.30. The summed E-state index contributed by atoms with van der Waals surface area (Å²) in [5, 5.41) is 7.92. The molecule has 1 N–H and O–H groups in total. The van der Waals surface area contributed by atoms with Crippen LogP contribution in [0.5, 0.6) is 0 Å². The van der Waals surface area contributed by atoms with Crippen LogP contribution in [0.2, 0.25) is 5.15 Å². The van der Waals surface area contributed by atoms with E-state index in [9.17, 15) is 4.79 Å². The van der Waals surface area contributed by atoms with Crippen molar-refractivity contribution in [2.75, 3.05) is 18.4 Å². The first kappa shape index (κ1) is 16.0. The Kier molecular flexibility index (Phi) is 4.63. The molecule has 1 saturated heterocycles. The monoisotopic (exact) mass is 333 g/mol. The Bertz CT molecular complexity index is 700. The van der Waals surface area contributed by atoms with Crippen molar-refractivity contribution in [3.63, 3.8) is 0 Å². The van der Waals surface area contributed by atoms with E-state index < -0.39 is 0 Å². The van der Waals surface area contributed by atoms with Crippen molar-refractivity contribution in [1.82, 2.24) is 19.7 Å². The molecule has 0 radical (unpaired) electrons. The summed E-state index contributed by atoms with van der Waals surface area (Å²) in [6.07, 6.45) is 5.36. The molecule has 0 saturated carbocycles. The lowest BCUT2D eigenvalue weighted by atomic mass is 10.1. The van der Waals surface area contributed by atoms with Crippen LogP contribution >= 0.6 is 11.6 Å². The minimum absolute atomic E-state index is 0.0393. The fraction of sp³-hybridized carbons (Fsp3) is 0.438. The van der Waals surface area contributed by atoms with Gasteiger partial charge in [0, 0.05) is 24.8 Å². The van der Waals surface area contributed by atoms with E-state index in [4.69, 9.17) is 11.6 Å². The molecule has 0 aliphatic carbocycles. The van der Waals surface area contributed by atoms with Crippen molar-refractivity contribution in [2.45, 2.75) is 25.8 Å². The van der Waals surface area contributed by atoms with E-state index in [2.05, 4.69) is 20.3 Å². The van der Waals surface area contributed by atoms with Crippen LogP contribution in [0.4, 0.5) is 5.69 Å². The van der Waals surface area contributed by atoms with Crippen LogP contribution in [0.1, 0.15) is 30.1 Å². The Labute approximate surface area is 140 Å². The molecule has 2 aromatic heterocycles. The summed E-state index contributed by atoms with van der Waals surface area (Å²) in [5.74, 6) is -0.0393. The van der Waals surface area contributed by atoms with Gasteiger partial charge in [0.2, 0.25) is 5.91 Å². The average Bonchev–Trinajstić information content (AvgIpc) is 3.05. The average molecular weight is 334 g/mol. The Morgan fingerprint density at radius 3 is 3.00 bits per heavy atom. The minimum Gasteiger partial charge on any atom is -0.324 e. The molecule has 1 amide bonds. The third-order valence-corrected chi connectivity index (χ3v) is 4.63. The number of carbonyl (C=O) groups is 1. The zero-order valence-electron chi connectivity index (χ0n) is 13.3. The highest BCUT2D eigenvalue weighted by atomic mass is 35.5. The molecule has 0 bridgehead atoms. The van der Waals surface area contributed by atoms with Gasteiger partial charge in [0.1, 0.15) is 5.15 Å². The van der Waals surface area contributed by atoms with Gasteiger partial charge in [0.05, 0.1) is 24.1 Å². The third kappa shape index (κ3) is 3.38. The van der Waals surface area contributed by atoms with E-state index in [1.165, 1.54) is 0 Å². The summed E-state index contributed by atoms with van der Waals surface area (Å²) in [4.78, 5) is 18.5. The van der Waals surface area contributed by atoms with E-state index in [1.54, 1.807) is 23.1 Å². The summed E-state index contributed by atoms with van der Waals surface area (Å²) >= 11 is 6.39. The lowest BCUT2D eigenvalue weighted by Gasteiger charge is -2.24. The van der Waals surface area contributed by atoms with Crippen LogP contribution in [0, 0.1) is 6.92 Å². The van der Waals surface area contributed by atoms with Gasteiger partial charge in [0.15, 0.2) is 0 Å². The number of hydrogen-bond acceptors (Lipinski definition) is 4. The van der Waals surface area contributed by atoms with Crippen LogP contribution in [0.15, 0.2) is 24.5 Å². The van der Waals surface area contributed by atoms with Gasteiger partial charge in [-0.15, -0.1) is 0 Å². The topological polar surface area (TPSA) is 63.1 Å². The smallest absolute Gasteiger partial charge is 0.238 e. The number of carbonyl (C=O) groups excluding carboxylic acids is 1. The van der Waals surface area contributed by atoms with E-state index >= 15 is 0 Å². The highest BCUT2D eigenvalue weighted by Gasteiger charge is 2.32. The molecule has 0 aromatic carbocycles. The van der Waals surface area contributed by atoms with Gasteiger partial charge >= 0.3 is 0 Å². The SMILES string of the molecule is Cc1nn(C)c(Cl)c1[C@@H]1CCCN1CC(=O)Nc1cccnc1. The first-order chi connectivity index (χ1) is 11.1. The van der Waals surface area contributed by atoms with Gasteiger partial charge in [-0.1, -0.05) is 11.6 Å². The Balaban J connectivity index is 1.71. The number of pyridine rings is 1. The summed E-state index contributed by atoms with van der Waals surface area (Å²) in [5.41, 5.74) is 2.69. The molecule has 1 aliphatic heterocycles. The van der Waals surface area contributed by atoms with Gasteiger partial charge < -0.3 is 5.32 Å². The summed E-state index contributed by atoms with van der Waals surface area (Å²) in [7, 11) is 1.84. The second kappa shape index (κ2) is 6.68. The Morgan fingerprint density at radius 1 is 1.52 bits per heavy atom. The summed E-state index contributed by atoms with van der Waals surface area (Å²) in [6.45, 7) is 3.19. The number of rotatable bonds is 4. The number of anilines is 1. The van der Waals surface area contributed by atoms with Crippen LogP contribution in [0.3, 0.4) is 0 Å². The maximum absolute atomic E-state index is 12.3. The zero-order chi connectivity index (χ0) is 16.4. The predicted octanol–water partition coefficient (Wildman–Crippen LogP) is 2.55. The Morgan fingerprint density at radius 2 is 2.35 bits per heavy atom.